The van der Waals surface area contributed by atoms with Gasteiger partial charge in [0.2, 0.25) is 5.91 Å². The van der Waals surface area contributed by atoms with Gasteiger partial charge in [0.25, 0.3) is 0 Å². The van der Waals surface area contributed by atoms with Crippen LogP contribution in [0.2, 0.25) is 0 Å². The maximum Gasteiger partial charge on any atom is 0.329 e. The second-order valence-corrected chi connectivity index (χ2v) is 6.00. The Labute approximate surface area is 114 Å². The molecule has 1 amide bonds. The minimum atomic E-state index is -1.12. The Balaban J connectivity index is 2.74. The summed E-state index contributed by atoms with van der Waals surface area (Å²) in [6.07, 6.45) is 3.75. The fourth-order valence-corrected chi connectivity index (χ4v) is 2.59. The van der Waals surface area contributed by atoms with Crippen LogP contribution in [0.4, 0.5) is 0 Å². The van der Waals surface area contributed by atoms with Crippen molar-refractivity contribution in [1.82, 2.24) is 5.32 Å². The molecule has 1 aliphatic carbocycles. The normalized spacial score (nSPS) is 29.0. The average Bonchev–Trinajstić information content (AvgIpc) is 2.38. The molecule has 0 heterocycles. The van der Waals surface area contributed by atoms with Crippen molar-refractivity contribution in [3.63, 3.8) is 0 Å². The van der Waals surface area contributed by atoms with Crippen LogP contribution >= 0.6 is 0 Å². The van der Waals surface area contributed by atoms with E-state index in [1.807, 2.05) is 13.8 Å². The molecular weight excluding hydrogens is 244 g/mol. The van der Waals surface area contributed by atoms with Gasteiger partial charge in [-0.3, -0.25) is 4.79 Å². The highest BCUT2D eigenvalue weighted by Gasteiger charge is 2.43. The maximum absolute atomic E-state index is 12.0. The minimum absolute atomic E-state index is 0.00201. The van der Waals surface area contributed by atoms with Gasteiger partial charge in [-0.05, 0) is 37.5 Å². The van der Waals surface area contributed by atoms with Gasteiger partial charge in [0.15, 0.2) is 0 Å². The zero-order valence-corrected chi connectivity index (χ0v) is 12.1. The van der Waals surface area contributed by atoms with Crippen molar-refractivity contribution in [2.24, 2.45) is 17.6 Å². The molecule has 1 atom stereocenters. The number of hydrogen-bond acceptors (Lipinski definition) is 3. The van der Waals surface area contributed by atoms with E-state index in [2.05, 4.69) is 12.2 Å². The van der Waals surface area contributed by atoms with Gasteiger partial charge in [-0.25, -0.2) is 4.79 Å². The smallest absolute Gasteiger partial charge is 0.329 e. The Morgan fingerprint density at radius 3 is 2.26 bits per heavy atom. The van der Waals surface area contributed by atoms with Gasteiger partial charge in [0.05, 0.1) is 6.04 Å². The fourth-order valence-electron chi connectivity index (χ4n) is 2.59. The molecule has 1 saturated carbocycles. The third kappa shape index (κ3) is 3.69. The summed E-state index contributed by atoms with van der Waals surface area (Å²) in [5.74, 6) is -0.723. The zero-order chi connectivity index (χ0) is 14.6. The lowest BCUT2D eigenvalue weighted by Gasteiger charge is -2.38. The number of amides is 1. The van der Waals surface area contributed by atoms with Gasteiger partial charge in [-0.15, -0.1) is 0 Å². The molecule has 1 fully saturated rings. The molecule has 1 aliphatic rings. The quantitative estimate of drug-likeness (QED) is 0.706. The Bertz CT molecular complexity index is 334. The second kappa shape index (κ2) is 6.37. The molecule has 1 rings (SSSR count). The van der Waals surface area contributed by atoms with Crippen LogP contribution in [0.15, 0.2) is 0 Å². The lowest BCUT2D eigenvalue weighted by molar-refractivity contribution is -0.150. The molecular formula is C14H26N2O3. The van der Waals surface area contributed by atoms with Crippen LogP contribution in [0.5, 0.6) is 0 Å². The number of nitrogens with one attached hydrogen (secondary N) is 1. The molecule has 0 bridgehead atoms. The first-order valence-electron chi connectivity index (χ1n) is 7.13. The van der Waals surface area contributed by atoms with E-state index in [9.17, 15) is 14.7 Å². The number of hydrogen-bond donors (Lipinski definition) is 3. The van der Waals surface area contributed by atoms with Crippen LogP contribution in [-0.4, -0.2) is 28.6 Å². The monoisotopic (exact) mass is 270 g/mol. The Kier molecular flexibility index (Phi) is 5.35. The van der Waals surface area contributed by atoms with Crippen molar-refractivity contribution in [3.05, 3.63) is 0 Å². The molecule has 5 heteroatoms. The summed E-state index contributed by atoms with van der Waals surface area (Å²) in [5, 5.41) is 12.2. The molecule has 0 unspecified atom stereocenters. The summed E-state index contributed by atoms with van der Waals surface area (Å²) in [6.45, 7) is 5.82. The van der Waals surface area contributed by atoms with Crippen molar-refractivity contribution in [3.8, 4) is 0 Å². The Morgan fingerprint density at radius 2 is 1.89 bits per heavy atom. The Morgan fingerprint density at radius 1 is 1.37 bits per heavy atom. The van der Waals surface area contributed by atoms with Crippen LogP contribution in [0.25, 0.3) is 0 Å². The van der Waals surface area contributed by atoms with E-state index < -0.39 is 17.6 Å². The number of carboxylic acids is 1. The third-order valence-corrected chi connectivity index (χ3v) is 4.33. The molecule has 19 heavy (non-hydrogen) atoms. The number of rotatable bonds is 5. The van der Waals surface area contributed by atoms with E-state index in [-0.39, 0.29) is 11.8 Å². The molecule has 4 N–H and O–H groups in total. The van der Waals surface area contributed by atoms with Crippen molar-refractivity contribution in [2.45, 2.75) is 64.5 Å². The van der Waals surface area contributed by atoms with E-state index in [1.54, 1.807) is 0 Å². The Hall–Kier alpha value is -1.10. The molecule has 5 nitrogen and oxygen atoms in total. The van der Waals surface area contributed by atoms with Gasteiger partial charge < -0.3 is 16.2 Å². The summed E-state index contributed by atoms with van der Waals surface area (Å²) in [7, 11) is 0. The number of aliphatic carboxylic acids is 1. The van der Waals surface area contributed by atoms with Crippen LogP contribution in [0, 0.1) is 11.8 Å². The maximum atomic E-state index is 12.0. The van der Waals surface area contributed by atoms with Crippen molar-refractivity contribution in [2.75, 3.05) is 0 Å². The largest absolute Gasteiger partial charge is 0.480 e. The number of carbonyl (C=O) groups is 2. The van der Waals surface area contributed by atoms with E-state index >= 15 is 0 Å². The SMILES string of the molecule is CCC1CCC(NC(=O)[C@H](N)C(C)C)(C(=O)O)CC1. The zero-order valence-electron chi connectivity index (χ0n) is 12.1. The predicted molar refractivity (Wildman–Crippen MR) is 73.6 cm³/mol. The summed E-state index contributed by atoms with van der Waals surface area (Å²) < 4.78 is 0. The highest BCUT2D eigenvalue weighted by atomic mass is 16.4. The van der Waals surface area contributed by atoms with Crippen molar-refractivity contribution >= 4 is 11.9 Å². The third-order valence-electron chi connectivity index (χ3n) is 4.33. The van der Waals surface area contributed by atoms with Crippen molar-refractivity contribution < 1.29 is 14.7 Å². The predicted octanol–water partition coefficient (Wildman–Crippen LogP) is 1.51. The highest BCUT2D eigenvalue weighted by Crippen LogP contribution is 2.34. The molecule has 0 saturated heterocycles. The standard InChI is InChI=1S/C14H26N2O3/c1-4-10-5-7-14(8-6-10,13(18)19)16-12(17)11(15)9(2)3/h9-11H,4-8,15H2,1-3H3,(H,16,17)(H,18,19)/t10?,11-,14?/m1/s1. The fraction of sp³-hybridized carbons (Fsp3) is 0.857. The van der Waals surface area contributed by atoms with Gasteiger partial charge in [0, 0.05) is 0 Å². The molecule has 0 aliphatic heterocycles. The molecule has 0 aromatic heterocycles. The van der Waals surface area contributed by atoms with Crippen LogP contribution in [-0.2, 0) is 9.59 Å². The topological polar surface area (TPSA) is 92.4 Å². The number of nitrogens with two attached hydrogens (primary N) is 1. The van der Waals surface area contributed by atoms with Crippen LogP contribution < -0.4 is 11.1 Å². The molecule has 0 spiro atoms. The van der Waals surface area contributed by atoms with E-state index in [0.29, 0.717) is 18.8 Å². The summed E-state index contributed by atoms with van der Waals surface area (Å²) in [5.41, 5.74) is 4.67. The van der Waals surface area contributed by atoms with Crippen LogP contribution in [0.3, 0.4) is 0 Å². The van der Waals surface area contributed by atoms with E-state index in [0.717, 1.165) is 19.3 Å². The summed E-state index contributed by atoms with van der Waals surface area (Å²) >= 11 is 0. The first-order chi connectivity index (χ1) is 8.82. The molecule has 110 valence electrons. The minimum Gasteiger partial charge on any atom is -0.480 e. The van der Waals surface area contributed by atoms with Gasteiger partial charge >= 0.3 is 5.97 Å². The highest BCUT2D eigenvalue weighted by molar-refractivity contribution is 5.89. The molecule has 0 aromatic carbocycles. The molecule has 0 aromatic rings. The van der Waals surface area contributed by atoms with Gasteiger partial charge in [-0.2, -0.15) is 0 Å². The first-order valence-corrected chi connectivity index (χ1v) is 7.13. The average molecular weight is 270 g/mol. The van der Waals surface area contributed by atoms with E-state index in [4.69, 9.17) is 5.73 Å². The lowest BCUT2D eigenvalue weighted by Crippen LogP contribution is -2.60. The van der Waals surface area contributed by atoms with Gasteiger partial charge in [-0.1, -0.05) is 27.2 Å². The lowest BCUT2D eigenvalue weighted by atomic mass is 9.75. The second-order valence-electron chi connectivity index (χ2n) is 6.00. The van der Waals surface area contributed by atoms with E-state index in [1.165, 1.54) is 0 Å². The van der Waals surface area contributed by atoms with Crippen molar-refractivity contribution in [1.29, 1.82) is 0 Å². The van der Waals surface area contributed by atoms with Crippen LogP contribution in [0.1, 0.15) is 52.9 Å². The molecule has 0 radical (unpaired) electrons. The number of carboxylic acid groups (broad SMARTS) is 1. The first kappa shape index (κ1) is 16.0. The summed E-state index contributed by atoms with van der Waals surface area (Å²) in [4.78, 5) is 23.6. The summed E-state index contributed by atoms with van der Waals surface area (Å²) in [6, 6.07) is -0.653. The van der Waals surface area contributed by atoms with Gasteiger partial charge in [0.1, 0.15) is 5.54 Å². The number of carbonyl (C=O) groups excluding carboxylic acids is 1.